The molecule has 0 aliphatic carbocycles. The van der Waals surface area contributed by atoms with E-state index in [1.54, 1.807) is 7.11 Å². The lowest BCUT2D eigenvalue weighted by molar-refractivity contribution is -0.00654. The number of nitrogens with one attached hydrogen (secondary N) is 2. The van der Waals surface area contributed by atoms with Crippen molar-refractivity contribution in [1.29, 1.82) is 0 Å². The predicted octanol–water partition coefficient (Wildman–Crippen LogP) is 0.785. The zero-order valence-corrected chi connectivity index (χ0v) is 11.7. The molecule has 1 aromatic heterocycles. The lowest BCUT2D eigenvalue weighted by Crippen LogP contribution is -2.39. The van der Waals surface area contributed by atoms with Gasteiger partial charge in [-0.25, -0.2) is 0 Å². The van der Waals surface area contributed by atoms with Crippen LogP contribution in [-0.2, 0) is 16.0 Å². The van der Waals surface area contributed by atoms with Gasteiger partial charge >= 0.3 is 6.01 Å². The number of hydrogen-bond donors (Lipinski definition) is 2. The summed E-state index contributed by atoms with van der Waals surface area (Å²) in [5, 5.41) is 14.3. The summed E-state index contributed by atoms with van der Waals surface area (Å²) in [6.45, 7) is 6.62. The smallest absolute Gasteiger partial charge is 0.315 e. The number of aromatic nitrogens is 2. The van der Waals surface area contributed by atoms with Crippen LogP contribution in [-0.4, -0.2) is 48.7 Å². The van der Waals surface area contributed by atoms with Gasteiger partial charge in [-0.1, -0.05) is 18.9 Å². The predicted molar refractivity (Wildman–Crippen MR) is 69.9 cm³/mol. The third-order valence-corrected chi connectivity index (χ3v) is 3.19. The van der Waals surface area contributed by atoms with E-state index in [1.165, 1.54) is 0 Å². The normalized spacial score (nSPS) is 23.2. The Balaban J connectivity index is 1.82. The van der Waals surface area contributed by atoms with Crippen LogP contribution in [0.15, 0.2) is 4.42 Å². The molecule has 1 fully saturated rings. The molecule has 2 N–H and O–H groups in total. The van der Waals surface area contributed by atoms with E-state index in [0.717, 1.165) is 13.0 Å². The van der Waals surface area contributed by atoms with Gasteiger partial charge in [0.1, 0.15) is 5.60 Å². The van der Waals surface area contributed by atoms with Crippen LogP contribution < -0.4 is 10.6 Å². The first-order valence-electron chi connectivity index (χ1n) is 6.56. The van der Waals surface area contributed by atoms with Gasteiger partial charge in [-0.05, 0) is 0 Å². The molecule has 0 amide bonds. The van der Waals surface area contributed by atoms with Crippen molar-refractivity contribution in [3.63, 3.8) is 0 Å². The van der Waals surface area contributed by atoms with E-state index in [0.29, 0.717) is 37.6 Å². The molecule has 1 aliphatic heterocycles. The standard InChI is InChI=1S/C12H22N4O3/c1-9(2)13-6-10-15-16-11(19-10)14-7-12(17-3)4-5-18-8-12/h9,13H,4-8H2,1-3H3,(H,14,16). The van der Waals surface area contributed by atoms with E-state index in [1.807, 2.05) is 0 Å². The highest BCUT2D eigenvalue weighted by atomic mass is 16.5. The summed E-state index contributed by atoms with van der Waals surface area (Å²) < 4.78 is 16.4. The van der Waals surface area contributed by atoms with Crippen LogP contribution in [0.3, 0.4) is 0 Å². The van der Waals surface area contributed by atoms with Crippen LogP contribution >= 0.6 is 0 Å². The zero-order chi connectivity index (χ0) is 13.7. The van der Waals surface area contributed by atoms with Gasteiger partial charge in [0.05, 0.1) is 19.7 Å². The number of methoxy groups -OCH3 is 1. The fourth-order valence-corrected chi connectivity index (χ4v) is 1.89. The summed E-state index contributed by atoms with van der Waals surface area (Å²) in [5.74, 6) is 0.574. The molecule has 7 nitrogen and oxygen atoms in total. The molecule has 2 heterocycles. The largest absolute Gasteiger partial charge is 0.407 e. The average molecular weight is 270 g/mol. The second kappa shape index (κ2) is 6.31. The molecule has 0 aromatic carbocycles. The quantitative estimate of drug-likeness (QED) is 0.758. The molecule has 2 rings (SSSR count). The van der Waals surface area contributed by atoms with Crippen LogP contribution in [0.4, 0.5) is 6.01 Å². The molecular weight excluding hydrogens is 248 g/mol. The summed E-state index contributed by atoms with van der Waals surface area (Å²) in [5.41, 5.74) is -0.287. The van der Waals surface area contributed by atoms with Crippen LogP contribution in [0.5, 0.6) is 0 Å². The van der Waals surface area contributed by atoms with Crippen molar-refractivity contribution < 1.29 is 13.9 Å². The molecule has 0 saturated carbocycles. The van der Waals surface area contributed by atoms with Crippen LogP contribution in [0.25, 0.3) is 0 Å². The van der Waals surface area contributed by atoms with Crippen molar-refractivity contribution in [2.45, 2.75) is 38.5 Å². The lowest BCUT2D eigenvalue weighted by atomic mass is 10.0. The molecular formula is C12H22N4O3. The molecule has 1 atom stereocenters. The van der Waals surface area contributed by atoms with Crippen molar-refractivity contribution in [3.8, 4) is 0 Å². The Hall–Kier alpha value is -1.18. The summed E-state index contributed by atoms with van der Waals surface area (Å²) >= 11 is 0. The molecule has 1 saturated heterocycles. The number of ether oxygens (including phenoxy) is 2. The fraction of sp³-hybridized carbons (Fsp3) is 0.833. The molecule has 1 unspecified atom stereocenters. The average Bonchev–Trinajstić information content (AvgIpc) is 3.04. The Morgan fingerprint density at radius 3 is 2.89 bits per heavy atom. The second-order valence-electron chi connectivity index (χ2n) is 5.08. The maximum absolute atomic E-state index is 5.52. The molecule has 19 heavy (non-hydrogen) atoms. The van der Waals surface area contributed by atoms with Crippen LogP contribution in [0.1, 0.15) is 26.2 Å². The Morgan fingerprint density at radius 1 is 1.42 bits per heavy atom. The summed E-state index contributed by atoms with van der Waals surface area (Å²) in [4.78, 5) is 0. The molecule has 0 spiro atoms. The highest BCUT2D eigenvalue weighted by molar-refractivity contribution is 5.18. The molecule has 7 heteroatoms. The minimum Gasteiger partial charge on any atom is -0.407 e. The minimum absolute atomic E-state index is 0.287. The highest BCUT2D eigenvalue weighted by Gasteiger charge is 2.35. The minimum atomic E-state index is -0.287. The number of nitrogens with zero attached hydrogens (tertiary/aromatic N) is 2. The van der Waals surface area contributed by atoms with Crippen molar-refractivity contribution in [3.05, 3.63) is 5.89 Å². The maximum Gasteiger partial charge on any atom is 0.315 e. The van der Waals surface area contributed by atoms with Gasteiger partial charge in [0.25, 0.3) is 0 Å². The van der Waals surface area contributed by atoms with Gasteiger partial charge in [-0.2, -0.15) is 0 Å². The molecule has 1 aromatic rings. The third-order valence-electron chi connectivity index (χ3n) is 3.19. The number of hydrogen-bond acceptors (Lipinski definition) is 7. The number of anilines is 1. The van der Waals surface area contributed by atoms with Gasteiger partial charge < -0.3 is 24.5 Å². The number of rotatable bonds is 7. The maximum atomic E-state index is 5.52. The fourth-order valence-electron chi connectivity index (χ4n) is 1.89. The van der Waals surface area contributed by atoms with E-state index in [4.69, 9.17) is 13.9 Å². The van der Waals surface area contributed by atoms with Crippen LogP contribution in [0, 0.1) is 0 Å². The SMILES string of the molecule is COC1(CNc2nnc(CNC(C)C)o2)CCOC1. The van der Waals surface area contributed by atoms with Gasteiger partial charge in [0, 0.05) is 26.2 Å². The Kier molecular flexibility index (Phi) is 4.73. The zero-order valence-electron chi connectivity index (χ0n) is 11.7. The van der Waals surface area contributed by atoms with Gasteiger partial charge in [0.15, 0.2) is 0 Å². The topological polar surface area (TPSA) is 81.4 Å². The first kappa shape index (κ1) is 14.2. The van der Waals surface area contributed by atoms with Gasteiger partial charge in [0.2, 0.25) is 5.89 Å². The van der Waals surface area contributed by atoms with E-state index < -0.39 is 0 Å². The lowest BCUT2D eigenvalue weighted by Gasteiger charge is -2.25. The summed E-state index contributed by atoms with van der Waals surface area (Å²) in [6.07, 6.45) is 0.867. The summed E-state index contributed by atoms with van der Waals surface area (Å²) in [6, 6.07) is 0.805. The Labute approximate surface area is 113 Å². The van der Waals surface area contributed by atoms with Gasteiger partial charge in [-0.3, -0.25) is 0 Å². The van der Waals surface area contributed by atoms with Crippen LogP contribution in [0.2, 0.25) is 0 Å². The highest BCUT2D eigenvalue weighted by Crippen LogP contribution is 2.22. The van der Waals surface area contributed by atoms with Crippen molar-refractivity contribution in [2.75, 3.05) is 32.2 Å². The second-order valence-corrected chi connectivity index (χ2v) is 5.08. The van der Waals surface area contributed by atoms with E-state index in [2.05, 4.69) is 34.7 Å². The Bertz CT molecular complexity index is 388. The van der Waals surface area contributed by atoms with Crippen molar-refractivity contribution in [1.82, 2.24) is 15.5 Å². The first-order valence-corrected chi connectivity index (χ1v) is 6.56. The first-order chi connectivity index (χ1) is 9.13. The van der Waals surface area contributed by atoms with Crippen molar-refractivity contribution >= 4 is 6.01 Å². The summed E-state index contributed by atoms with van der Waals surface area (Å²) in [7, 11) is 1.70. The molecule has 0 radical (unpaired) electrons. The third kappa shape index (κ3) is 3.89. The van der Waals surface area contributed by atoms with E-state index in [9.17, 15) is 0 Å². The van der Waals surface area contributed by atoms with E-state index >= 15 is 0 Å². The Morgan fingerprint density at radius 2 is 2.26 bits per heavy atom. The molecule has 1 aliphatic rings. The molecule has 0 bridgehead atoms. The molecule has 108 valence electrons. The van der Waals surface area contributed by atoms with E-state index in [-0.39, 0.29) is 5.60 Å². The van der Waals surface area contributed by atoms with Crippen molar-refractivity contribution in [2.24, 2.45) is 0 Å². The van der Waals surface area contributed by atoms with Gasteiger partial charge in [-0.15, -0.1) is 5.10 Å². The monoisotopic (exact) mass is 270 g/mol.